The molecule has 0 amide bonds. The first kappa shape index (κ1) is 18.5. The van der Waals surface area contributed by atoms with Crippen LogP contribution in [0.25, 0.3) is 0 Å². The molecule has 0 saturated heterocycles. The third-order valence-electron chi connectivity index (χ3n) is 4.96. The maximum absolute atomic E-state index is 10.4. The number of halogens is 1. The van der Waals surface area contributed by atoms with Gasteiger partial charge in [0.05, 0.1) is 7.11 Å². The Kier molecular flexibility index (Phi) is 5.33. The van der Waals surface area contributed by atoms with Gasteiger partial charge in [0.25, 0.3) is 0 Å². The van der Waals surface area contributed by atoms with Crippen LogP contribution in [0.1, 0.15) is 35.3 Å². The second kappa shape index (κ2) is 8.05. The largest absolute Gasteiger partial charge is 0.508 e. The molecule has 1 aliphatic heterocycles. The van der Waals surface area contributed by atoms with Crippen LogP contribution in [0.2, 0.25) is 5.02 Å². The second-order valence-electron chi connectivity index (χ2n) is 6.74. The van der Waals surface area contributed by atoms with Crippen LogP contribution >= 0.6 is 11.6 Å². The number of aromatic hydroxyl groups is 1. The molecule has 0 aliphatic carbocycles. The van der Waals surface area contributed by atoms with E-state index in [2.05, 4.69) is 5.32 Å². The molecule has 0 saturated carbocycles. The molecule has 4 rings (SSSR count). The second-order valence-corrected chi connectivity index (χ2v) is 7.18. The van der Waals surface area contributed by atoms with Crippen LogP contribution in [0.3, 0.4) is 0 Å². The molecule has 0 spiro atoms. The standard InChI is InChI=1S/C23H21ClN2O2/c1-28-18-12-8-15(9-13-18)20-14-21(19-4-2-3-5-22(19)27)26-23(25-20)16-6-10-17(24)11-7-16/h2-13,21,23,26-27H,14H2,1H3/t21-,23-/m0/s1. The van der Waals surface area contributed by atoms with Gasteiger partial charge in [0, 0.05) is 28.8 Å². The third kappa shape index (κ3) is 3.88. The summed E-state index contributed by atoms with van der Waals surface area (Å²) in [6.45, 7) is 0. The number of methoxy groups -OCH3 is 1. The Balaban J connectivity index is 1.73. The van der Waals surface area contributed by atoms with E-state index in [-0.39, 0.29) is 18.0 Å². The number of nitrogens with zero attached hydrogens (tertiary/aromatic N) is 1. The number of para-hydroxylation sites is 1. The van der Waals surface area contributed by atoms with Gasteiger partial charge in [-0.05, 0) is 53.6 Å². The monoisotopic (exact) mass is 392 g/mol. The minimum Gasteiger partial charge on any atom is -0.508 e. The van der Waals surface area contributed by atoms with Crippen LogP contribution in [0.5, 0.6) is 11.5 Å². The molecular weight excluding hydrogens is 372 g/mol. The van der Waals surface area contributed by atoms with Gasteiger partial charge in [0.2, 0.25) is 0 Å². The highest BCUT2D eigenvalue weighted by Crippen LogP contribution is 2.34. The van der Waals surface area contributed by atoms with Crippen LogP contribution in [0.15, 0.2) is 77.8 Å². The summed E-state index contributed by atoms with van der Waals surface area (Å²) in [4.78, 5) is 4.95. The van der Waals surface area contributed by atoms with Gasteiger partial charge < -0.3 is 9.84 Å². The average molecular weight is 393 g/mol. The van der Waals surface area contributed by atoms with Crippen LogP contribution in [0.4, 0.5) is 0 Å². The zero-order valence-corrected chi connectivity index (χ0v) is 16.2. The van der Waals surface area contributed by atoms with Gasteiger partial charge in [-0.1, -0.05) is 41.9 Å². The molecule has 1 aliphatic rings. The molecule has 2 N–H and O–H groups in total. The number of phenolic OH excluding ortho intramolecular Hbond substituents is 1. The lowest BCUT2D eigenvalue weighted by Crippen LogP contribution is -2.33. The summed E-state index contributed by atoms with van der Waals surface area (Å²) in [5, 5.41) is 14.6. The Morgan fingerprint density at radius 2 is 1.71 bits per heavy atom. The molecule has 5 heteroatoms. The van der Waals surface area contributed by atoms with Crippen LogP contribution < -0.4 is 10.1 Å². The molecule has 0 radical (unpaired) electrons. The lowest BCUT2D eigenvalue weighted by Gasteiger charge is -2.31. The van der Waals surface area contributed by atoms with E-state index in [0.717, 1.165) is 28.2 Å². The molecule has 28 heavy (non-hydrogen) atoms. The van der Waals surface area contributed by atoms with Crippen molar-refractivity contribution in [2.45, 2.75) is 18.6 Å². The molecule has 4 nitrogen and oxygen atoms in total. The first-order valence-electron chi connectivity index (χ1n) is 9.14. The maximum atomic E-state index is 10.4. The Bertz CT molecular complexity index is 984. The van der Waals surface area contributed by atoms with E-state index in [1.54, 1.807) is 13.2 Å². The van der Waals surface area contributed by atoms with Crippen molar-refractivity contribution in [1.29, 1.82) is 0 Å². The lowest BCUT2D eigenvalue weighted by atomic mass is 9.93. The zero-order valence-electron chi connectivity index (χ0n) is 15.5. The van der Waals surface area contributed by atoms with Gasteiger partial charge in [0.1, 0.15) is 17.7 Å². The molecule has 1 heterocycles. The molecule has 3 aromatic carbocycles. The average Bonchev–Trinajstić information content (AvgIpc) is 2.74. The van der Waals surface area contributed by atoms with Crippen molar-refractivity contribution in [1.82, 2.24) is 5.32 Å². The van der Waals surface area contributed by atoms with Crippen molar-refractivity contribution >= 4 is 17.3 Å². The van der Waals surface area contributed by atoms with Crippen molar-refractivity contribution in [3.05, 3.63) is 94.5 Å². The molecule has 0 bridgehead atoms. The number of rotatable bonds is 4. The number of hydrogen-bond donors (Lipinski definition) is 2. The van der Waals surface area contributed by atoms with E-state index in [1.807, 2.05) is 66.7 Å². The number of phenols is 1. The zero-order chi connectivity index (χ0) is 19.5. The molecule has 2 atom stereocenters. The minimum atomic E-state index is -0.229. The quantitative estimate of drug-likeness (QED) is 0.635. The highest BCUT2D eigenvalue weighted by atomic mass is 35.5. The molecule has 3 aromatic rings. The van der Waals surface area contributed by atoms with E-state index < -0.39 is 0 Å². The summed E-state index contributed by atoms with van der Waals surface area (Å²) in [5.41, 5.74) is 3.91. The fourth-order valence-corrected chi connectivity index (χ4v) is 3.59. The SMILES string of the molecule is COc1ccc(C2=N[C@H](c3ccc(Cl)cc3)N[C@H](c3ccccc3O)C2)cc1. The lowest BCUT2D eigenvalue weighted by molar-refractivity contribution is 0.412. The van der Waals surface area contributed by atoms with E-state index in [0.29, 0.717) is 11.4 Å². The Hall–Kier alpha value is -2.82. The van der Waals surface area contributed by atoms with Crippen LogP contribution in [0, 0.1) is 0 Å². The Morgan fingerprint density at radius 3 is 2.39 bits per heavy atom. The van der Waals surface area contributed by atoms with Crippen molar-refractivity contribution < 1.29 is 9.84 Å². The highest BCUT2D eigenvalue weighted by molar-refractivity contribution is 6.30. The van der Waals surface area contributed by atoms with Gasteiger partial charge in [0.15, 0.2) is 0 Å². The topological polar surface area (TPSA) is 53.8 Å². The highest BCUT2D eigenvalue weighted by Gasteiger charge is 2.27. The van der Waals surface area contributed by atoms with Crippen molar-refractivity contribution in [2.24, 2.45) is 4.99 Å². The van der Waals surface area contributed by atoms with Crippen LogP contribution in [-0.4, -0.2) is 17.9 Å². The number of aliphatic imine (C=N–C) groups is 1. The van der Waals surface area contributed by atoms with Gasteiger partial charge in [-0.15, -0.1) is 0 Å². The van der Waals surface area contributed by atoms with Crippen molar-refractivity contribution in [3.8, 4) is 11.5 Å². The first-order chi connectivity index (χ1) is 13.6. The Labute approximate surface area is 169 Å². The van der Waals surface area contributed by atoms with Gasteiger partial charge >= 0.3 is 0 Å². The number of ether oxygens (including phenoxy) is 1. The number of benzene rings is 3. The Morgan fingerprint density at radius 1 is 1.00 bits per heavy atom. The van der Waals surface area contributed by atoms with Gasteiger partial charge in [-0.3, -0.25) is 10.3 Å². The molecule has 0 fully saturated rings. The molecule has 142 valence electrons. The number of hydrogen-bond acceptors (Lipinski definition) is 4. The van der Waals surface area contributed by atoms with Gasteiger partial charge in [-0.2, -0.15) is 0 Å². The van der Waals surface area contributed by atoms with E-state index in [9.17, 15) is 5.11 Å². The molecule has 0 aromatic heterocycles. The third-order valence-corrected chi connectivity index (χ3v) is 5.21. The van der Waals surface area contributed by atoms with Crippen molar-refractivity contribution in [2.75, 3.05) is 7.11 Å². The first-order valence-corrected chi connectivity index (χ1v) is 9.52. The summed E-state index contributed by atoms with van der Waals surface area (Å²) in [5.74, 6) is 1.09. The number of nitrogens with one attached hydrogen (secondary N) is 1. The summed E-state index contributed by atoms with van der Waals surface area (Å²) < 4.78 is 5.27. The smallest absolute Gasteiger partial charge is 0.126 e. The van der Waals surface area contributed by atoms with E-state index in [4.69, 9.17) is 21.3 Å². The normalized spacial score (nSPS) is 19.1. The fraction of sp³-hybridized carbons (Fsp3) is 0.174. The minimum absolute atomic E-state index is 0.0588. The summed E-state index contributed by atoms with van der Waals surface area (Å²) in [6.07, 6.45) is 0.446. The van der Waals surface area contributed by atoms with Crippen LogP contribution in [-0.2, 0) is 0 Å². The fourth-order valence-electron chi connectivity index (χ4n) is 3.46. The van der Waals surface area contributed by atoms with Crippen molar-refractivity contribution in [3.63, 3.8) is 0 Å². The molecular formula is C23H21ClN2O2. The van der Waals surface area contributed by atoms with E-state index >= 15 is 0 Å². The summed E-state index contributed by atoms with van der Waals surface area (Å²) >= 11 is 6.05. The predicted molar refractivity (Wildman–Crippen MR) is 112 cm³/mol. The summed E-state index contributed by atoms with van der Waals surface area (Å²) in [6, 6.07) is 23.0. The molecule has 0 unspecified atom stereocenters. The van der Waals surface area contributed by atoms with Gasteiger partial charge in [-0.25, -0.2) is 0 Å². The maximum Gasteiger partial charge on any atom is 0.126 e. The van der Waals surface area contributed by atoms with E-state index in [1.165, 1.54) is 0 Å². The summed E-state index contributed by atoms with van der Waals surface area (Å²) in [7, 11) is 1.65. The predicted octanol–water partition coefficient (Wildman–Crippen LogP) is 5.28.